The molecular formula is C26H23NO3. The molecule has 0 saturated carbocycles. The second-order valence-corrected chi connectivity index (χ2v) is 7.00. The van der Waals surface area contributed by atoms with Crippen LogP contribution in [0.1, 0.15) is 16.7 Å². The summed E-state index contributed by atoms with van der Waals surface area (Å²) in [4.78, 5) is 13.5. The standard InChI is InChI=1S/C26H23NO3/c1-3-17-29-21-13-9-19(10-14-21)26(20-11-15-22(16-12-20)30-18-4-2)23-7-5-6-8-24(23)27-25(26)28/h3-16H,1-2,17-18H2,(H,27,28). The Morgan fingerprint density at radius 1 is 0.767 bits per heavy atom. The predicted octanol–water partition coefficient (Wildman–Crippen LogP) is 5.10. The number of fused-ring (bicyclic) bond motifs is 1. The molecule has 4 rings (SSSR count). The Morgan fingerprint density at radius 3 is 1.77 bits per heavy atom. The predicted molar refractivity (Wildman–Crippen MR) is 119 cm³/mol. The summed E-state index contributed by atoms with van der Waals surface area (Å²) in [6, 6.07) is 23.1. The van der Waals surface area contributed by atoms with Crippen LogP contribution in [0.25, 0.3) is 0 Å². The third-order valence-corrected chi connectivity index (χ3v) is 5.23. The number of ether oxygens (including phenoxy) is 2. The number of hydrogen-bond donors (Lipinski definition) is 1. The van der Waals surface area contributed by atoms with E-state index in [-0.39, 0.29) is 5.91 Å². The largest absolute Gasteiger partial charge is 0.490 e. The molecule has 3 aromatic rings. The van der Waals surface area contributed by atoms with Gasteiger partial charge >= 0.3 is 0 Å². The summed E-state index contributed by atoms with van der Waals surface area (Å²) in [6.45, 7) is 8.21. The second kappa shape index (κ2) is 8.29. The molecule has 4 nitrogen and oxygen atoms in total. The first-order chi connectivity index (χ1) is 14.7. The van der Waals surface area contributed by atoms with Crippen LogP contribution in [0.5, 0.6) is 11.5 Å². The molecule has 0 fully saturated rings. The Labute approximate surface area is 176 Å². The van der Waals surface area contributed by atoms with Crippen molar-refractivity contribution in [2.75, 3.05) is 18.5 Å². The molecule has 0 bridgehead atoms. The average molecular weight is 397 g/mol. The maximum atomic E-state index is 13.5. The van der Waals surface area contributed by atoms with E-state index in [1.165, 1.54) is 0 Å². The van der Waals surface area contributed by atoms with Gasteiger partial charge in [0.25, 0.3) is 0 Å². The zero-order valence-corrected chi connectivity index (χ0v) is 16.6. The minimum absolute atomic E-state index is 0.0804. The molecule has 1 aliphatic rings. The zero-order chi connectivity index (χ0) is 21.0. The number of para-hydroxylation sites is 1. The van der Waals surface area contributed by atoms with E-state index >= 15 is 0 Å². The van der Waals surface area contributed by atoms with Gasteiger partial charge in [-0.3, -0.25) is 4.79 Å². The van der Waals surface area contributed by atoms with Gasteiger partial charge in [0.1, 0.15) is 30.1 Å². The highest BCUT2D eigenvalue weighted by molar-refractivity contribution is 6.11. The molecule has 0 unspecified atom stereocenters. The molecule has 0 spiro atoms. The van der Waals surface area contributed by atoms with Crippen LogP contribution < -0.4 is 14.8 Å². The van der Waals surface area contributed by atoms with Crippen molar-refractivity contribution in [3.63, 3.8) is 0 Å². The first-order valence-corrected chi connectivity index (χ1v) is 9.79. The molecule has 150 valence electrons. The number of benzene rings is 3. The van der Waals surface area contributed by atoms with E-state index in [1.807, 2.05) is 72.8 Å². The molecule has 0 radical (unpaired) electrons. The number of carbonyl (C=O) groups excluding carboxylic acids is 1. The molecule has 3 aromatic carbocycles. The van der Waals surface area contributed by atoms with Gasteiger partial charge in [-0.1, -0.05) is 67.8 Å². The lowest BCUT2D eigenvalue weighted by Crippen LogP contribution is -2.37. The first kappa shape index (κ1) is 19.5. The fourth-order valence-corrected chi connectivity index (χ4v) is 3.91. The summed E-state index contributed by atoms with van der Waals surface area (Å²) >= 11 is 0. The van der Waals surface area contributed by atoms with E-state index in [9.17, 15) is 4.79 Å². The van der Waals surface area contributed by atoms with Gasteiger partial charge in [0.05, 0.1) is 0 Å². The van der Waals surface area contributed by atoms with Gasteiger partial charge in [-0.2, -0.15) is 0 Å². The Balaban J connectivity index is 1.84. The maximum Gasteiger partial charge on any atom is 0.244 e. The van der Waals surface area contributed by atoms with Crippen LogP contribution in [0, 0.1) is 0 Å². The number of amides is 1. The van der Waals surface area contributed by atoms with Crippen molar-refractivity contribution in [2.24, 2.45) is 0 Å². The molecule has 0 aromatic heterocycles. The molecule has 1 heterocycles. The molecule has 1 N–H and O–H groups in total. The molecule has 1 amide bonds. The zero-order valence-electron chi connectivity index (χ0n) is 16.6. The Bertz CT molecular complexity index is 1010. The monoisotopic (exact) mass is 397 g/mol. The topological polar surface area (TPSA) is 47.6 Å². The fraction of sp³-hybridized carbons (Fsp3) is 0.115. The van der Waals surface area contributed by atoms with Gasteiger partial charge in [0.2, 0.25) is 5.91 Å². The summed E-state index contributed by atoms with van der Waals surface area (Å²) < 4.78 is 11.2. The maximum absolute atomic E-state index is 13.5. The van der Waals surface area contributed by atoms with E-state index in [4.69, 9.17) is 9.47 Å². The van der Waals surface area contributed by atoms with E-state index in [1.54, 1.807) is 12.2 Å². The van der Waals surface area contributed by atoms with Crippen molar-refractivity contribution in [3.8, 4) is 11.5 Å². The van der Waals surface area contributed by atoms with Gasteiger partial charge in [0.15, 0.2) is 0 Å². The minimum atomic E-state index is -0.954. The number of carbonyl (C=O) groups is 1. The highest BCUT2D eigenvalue weighted by atomic mass is 16.5. The van der Waals surface area contributed by atoms with Gasteiger partial charge in [-0.15, -0.1) is 0 Å². The average Bonchev–Trinajstić information content (AvgIpc) is 3.09. The summed E-state index contributed by atoms with van der Waals surface area (Å²) in [5.41, 5.74) is 2.53. The molecule has 1 aliphatic heterocycles. The van der Waals surface area contributed by atoms with Gasteiger partial charge < -0.3 is 14.8 Å². The normalized spacial score (nSPS) is 13.8. The van der Waals surface area contributed by atoms with E-state index < -0.39 is 5.41 Å². The quantitative estimate of drug-likeness (QED) is 0.538. The number of rotatable bonds is 8. The molecule has 4 heteroatoms. The summed E-state index contributed by atoms with van der Waals surface area (Å²) in [5.74, 6) is 1.38. The molecule has 0 saturated heterocycles. The van der Waals surface area contributed by atoms with E-state index in [0.29, 0.717) is 13.2 Å². The lowest BCUT2D eigenvalue weighted by Gasteiger charge is -2.29. The Hall–Kier alpha value is -3.79. The highest BCUT2D eigenvalue weighted by Crippen LogP contribution is 2.48. The third-order valence-electron chi connectivity index (χ3n) is 5.23. The van der Waals surface area contributed by atoms with Crippen LogP contribution >= 0.6 is 0 Å². The Morgan fingerprint density at radius 2 is 1.27 bits per heavy atom. The molecule has 30 heavy (non-hydrogen) atoms. The second-order valence-electron chi connectivity index (χ2n) is 7.00. The number of hydrogen-bond acceptors (Lipinski definition) is 3. The van der Waals surface area contributed by atoms with Crippen molar-refractivity contribution >= 4 is 11.6 Å². The highest BCUT2D eigenvalue weighted by Gasteiger charge is 2.49. The van der Waals surface area contributed by atoms with Crippen molar-refractivity contribution in [3.05, 3.63) is 115 Å². The van der Waals surface area contributed by atoms with Crippen molar-refractivity contribution < 1.29 is 14.3 Å². The van der Waals surface area contributed by atoms with Crippen LogP contribution in [-0.2, 0) is 10.2 Å². The van der Waals surface area contributed by atoms with Crippen LogP contribution in [0.15, 0.2) is 98.1 Å². The van der Waals surface area contributed by atoms with Crippen LogP contribution in [0.4, 0.5) is 5.69 Å². The number of anilines is 1. The van der Waals surface area contributed by atoms with E-state index in [2.05, 4.69) is 18.5 Å². The first-order valence-electron chi connectivity index (χ1n) is 9.79. The van der Waals surface area contributed by atoms with Crippen LogP contribution in [0.3, 0.4) is 0 Å². The lowest BCUT2D eigenvalue weighted by molar-refractivity contribution is -0.118. The molecule has 0 atom stereocenters. The van der Waals surface area contributed by atoms with Crippen molar-refractivity contribution in [1.82, 2.24) is 0 Å². The van der Waals surface area contributed by atoms with Gasteiger partial charge in [-0.25, -0.2) is 0 Å². The Kier molecular flexibility index (Phi) is 5.40. The van der Waals surface area contributed by atoms with Gasteiger partial charge in [0, 0.05) is 11.3 Å². The van der Waals surface area contributed by atoms with E-state index in [0.717, 1.165) is 33.9 Å². The van der Waals surface area contributed by atoms with Crippen molar-refractivity contribution in [2.45, 2.75) is 5.41 Å². The fourth-order valence-electron chi connectivity index (χ4n) is 3.91. The summed E-state index contributed by atoms with van der Waals surface area (Å²) in [7, 11) is 0. The van der Waals surface area contributed by atoms with Crippen LogP contribution in [-0.4, -0.2) is 19.1 Å². The number of nitrogens with one attached hydrogen (secondary N) is 1. The van der Waals surface area contributed by atoms with Crippen LogP contribution in [0.2, 0.25) is 0 Å². The van der Waals surface area contributed by atoms with Gasteiger partial charge in [-0.05, 0) is 41.5 Å². The minimum Gasteiger partial charge on any atom is -0.490 e. The smallest absolute Gasteiger partial charge is 0.244 e. The third kappa shape index (κ3) is 3.26. The lowest BCUT2D eigenvalue weighted by atomic mass is 9.70. The summed E-state index contributed by atoms with van der Waals surface area (Å²) in [6.07, 6.45) is 3.40. The van der Waals surface area contributed by atoms with Crippen molar-refractivity contribution in [1.29, 1.82) is 0 Å². The molecular weight excluding hydrogens is 374 g/mol. The SMILES string of the molecule is C=CCOc1ccc(C2(c3ccc(OCC=C)cc3)C(=O)Nc3ccccc32)cc1. The summed E-state index contributed by atoms with van der Waals surface area (Å²) in [5, 5.41) is 3.06. The molecule has 0 aliphatic carbocycles.